The number of unbranched alkanes of at least 4 members (excludes halogenated alkanes) is 2. The molecule has 122 valence electrons. The van der Waals surface area contributed by atoms with Gasteiger partial charge in [-0.2, -0.15) is 0 Å². The molecule has 3 nitrogen and oxygen atoms in total. The van der Waals surface area contributed by atoms with E-state index in [1.165, 1.54) is 56.2 Å². The molecule has 3 heterocycles. The predicted octanol–water partition coefficient (Wildman–Crippen LogP) is 3.56. The van der Waals surface area contributed by atoms with Crippen LogP contribution < -0.4 is 10.2 Å². The minimum Gasteiger partial charge on any atom is -0.365 e. The molecule has 3 heteroatoms. The molecule has 1 aromatic rings. The Hall–Kier alpha value is -1.09. The lowest BCUT2D eigenvalue weighted by molar-refractivity contribution is 0.436. The Morgan fingerprint density at radius 3 is 3.14 bits per heavy atom. The van der Waals surface area contributed by atoms with Crippen LogP contribution in [0.5, 0.6) is 0 Å². The van der Waals surface area contributed by atoms with Crippen LogP contribution in [0.3, 0.4) is 0 Å². The lowest BCUT2D eigenvalue weighted by atomic mass is 9.88. The maximum absolute atomic E-state index is 4.58. The van der Waals surface area contributed by atoms with Crippen molar-refractivity contribution >= 4 is 5.69 Å². The number of nitrogens with zero attached hydrogens (tertiary/aromatic N) is 2. The normalized spacial score (nSPS) is 22.1. The van der Waals surface area contributed by atoms with E-state index in [1.807, 2.05) is 0 Å². The SMILES string of the molecule is CCCCCC(C)Cc1cncc2c1CC[C@@H]1CNCCN21. The first-order valence-electron chi connectivity index (χ1n) is 9.22. The lowest BCUT2D eigenvalue weighted by Gasteiger charge is -2.42. The van der Waals surface area contributed by atoms with Gasteiger partial charge in [0, 0.05) is 31.9 Å². The quantitative estimate of drug-likeness (QED) is 0.814. The van der Waals surface area contributed by atoms with E-state index >= 15 is 0 Å². The van der Waals surface area contributed by atoms with Gasteiger partial charge in [-0.1, -0.05) is 39.5 Å². The summed E-state index contributed by atoms with van der Waals surface area (Å²) in [7, 11) is 0. The van der Waals surface area contributed by atoms with Crippen LogP contribution in [0.2, 0.25) is 0 Å². The molecule has 1 saturated heterocycles. The summed E-state index contributed by atoms with van der Waals surface area (Å²) in [5, 5.41) is 3.53. The molecular formula is C19H31N3. The van der Waals surface area contributed by atoms with Gasteiger partial charge < -0.3 is 10.2 Å². The lowest BCUT2D eigenvalue weighted by Crippen LogP contribution is -2.53. The molecule has 0 saturated carbocycles. The first-order valence-corrected chi connectivity index (χ1v) is 9.22. The van der Waals surface area contributed by atoms with Crippen LogP contribution in [0.25, 0.3) is 0 Å². The largest absolute Gasteiger partial charge is 0.365 e. The predicted molar refractivity (Wildman–Crippen MR) is 93.6 cm³/mol. The van der Waals surface area contributed by atoms with E-state index in [0.717, 1.165) is 25.6 Å². The summed E-state index contributed by atoms with van der Waals surface area (Å²) in [6, 6.07) is 0.681. The molecule has 1 aromatic heterocycles. The van der Waals surface area contributed by atoms with Gasteiger partial charge in [-0.3, -0.25) is 4.98 Å². The Kier molecular flexibility index (Phi) is 5.35. The summed E-state index contributed by atoms with van der Waals surface area (Å²) >= 11 is 0. The van der Waals surface area contributed by atoms with Gasteiger partial charge in [0.25, 0.3) is 0 Å². The molecule has 1 unspecified atom stereocenters. The van der Waals surface area contributed by atoms with E-state index in [4.69, 9.17) is 0 Å². The number of hydrogen-bond donors (Lipinski definition) is 1. The van der Waals surface area contributed by atoms with Crippen molar-refractivity contribution in [1.82, 2.24) is 10.3 Å². The van der Waals surface area contributed by atoms with E-state index in [2.05, 4.69) is 41.4 Å². The summed E-state index contributed by atoms with van der Waals surface area (Å²) in [4.78, 5) is 7.18. The van der Waals surface area contributed by atoms with Crippen molar-refractivity contribution in [3.63, 3.8) is 0 Å². The minimum absolute atomic E-state index is 0.681. The average Bonchev–Trinajstić information content (AvgIpc) is 2.55. The second kappa shape index (κ2) is 7.45. The fraction of sp³-hybridized carbons (Fsp3) is 0.737. The molecule has 2 atom stereocenters. The van der Waals surface area contributed by atoms with E-state index in [1.54, 1.807) is 5.56 Å². The van der Waals surface area contributed by atoms with Crippen LogP contribution in [-0.4, -0.2) is 30.7 Å². The van der Waals surface area contributed by atoms with E-state index in [-0.39, 0.29) is 0 Å². The minimum atomic E-state index is 0.681. The number of rotatable bonds is 6. The van der Waals surface area contributed by atoms with E-state index in [9.17, 15) is 0 Å². The zero-order valence-corrected chi connectivity index (χ0v) is 14.3. The maximum atomic E-state index is 4.58. The smallest absolute Gasteiger partial charge is 0.0591 e. The molecule has 0 amide bonds. The number of pyridine rings is 1. The first kappa shape index (κ1) is 15.8. The number of fused-ring (bicyclic) bond motifs is 3. The van der Waals surface area contributed by atoms with Gasteiger partial charge in [-0.15, -0.1) is 0 Å². The topological polar surface area (TPSA) is 28.2 Å². The van der Waals surface area contributed by atoms with Crippen molar-refractivity contribution in [3.05, 3.63) is 23.5 Å². The van der Waals surface area contributed by atoms with Crippen LogP contribution in [0.1, 0.15) is 57.1 Å². The second-order valence-electron chi connectivity index (χ2n) is 7.19. The summed E-state index contributed by atoms with van der Waals surface area (Å²) in [5.74, 6) is 0.778. The molecule has 0 aromatic carbocycles. The highest BCUT2D eigenvalue weighted by atomic mass is 15.2. The van der Waals surface area contributed by atoms with Gasteiger partial charge in [-0.25, -0.2) is 0 Å². The van der Waals surface area contributed by atoms with Crippen molar-refractivity contribution in [1.29, 1.82) is 0 Å². The fourth-order valence-electron chi connectivity index (χ4n) is 4.10. The second-order valence-corrected chi connectivity index (χ2v) is 7.19. The van der Waals surface area contributed by atoms with Crippen LogP contribution in [0.15, 0.2) is 12.4 Å². The summed E-state index contributed by atoms with van der Waals surface area (Å²) in [6.45, 7) is 8.07. The molecular weight excluding hydrogens is 270 g/mol. The molecule has 0 aliphatic carbocycles. The van der Waals surface area contributed by atoms with Crippen molar-refractivity contribution in [2.75, 3.05) is 24.5 Å². The van der Waals surface area contributed by atoms with Crippen molar-refractivity contribution in [2.45, 2.75) is 64.8 Å². The number of nitrogens with one attached hydrogen (secondary N) is 1. The van der Waals surface area contributed by atoms with Gasteiger partial charge in [0.05, 0.1) is 11.9 Å². The van der Waals surface area contributed by atoms with Crippen molar-refractivity contribution < 1.29 is 0 Å². The molecule has 1 fully saturated rings. The highest BCUT2D eigenvalue weighted by molar-refractivity contribution is 5.58. The molecule has 3 rings (SSSR count). The number of aromatic nitrogens is 1. The highest BCUT2D eigenvalue weighted by Crippen LogP contribution is 2.34. The summed E-state index contributed by atoms with van der Waals surface area (Å²) in [6.07, 6.45) is 13.4. The van der Waals surface area contributed by atoms with E-state index < -0.39 is 0 Å². The molecule has 0 radical (unpaired) electrons. The van der Waals surface area contributed by atoms with Gasteiger partial charge in [0.15, 0.2) is 0 Å². The average molecular weight is 301 g/mol. The fourth-order valence-corrected chi connectivity index (χ4v) is 4.10. The molecule has 22 heavy (non-hydrogen) atoms. The third-order valence-corrected chi connectivity index (χ3v) is 5.38. The van der Waals surface area contributed by atoms with Gasteiger partial charge in [-0.05, 0) is 36.3 Å². The summed E-state index contributed by atoms with van der Waals surface area (Å²) < 4.78 is 0. The zero-order valence-electron chi connectivity index (χ0n) is 14.3. The third kappa shape index (κ3) is 3.45. The van der Waals surface area contributed by atoms with Crippen LogP contribution in [-0.2, 0) is 12.8 Å². The van der Waals surface area contributed by atoms with Crippen LogP contribution >= 0.6 is 0 Å². The Labute approximate surface area is 135 Å². The van der Waals surface area contributed by atoms with Crippen LogP contribution in [0, 0.1) is 5.92 Å². The van der Waals surface area contributed by atoms with Gasteiger partial charge in [0.1, 0.15) is 0 Å². The number of piperazine rings is 1. The maximum Gasteiger partial charge on any atom is 0.0591 e. The van der Waals surface area contributed by atoms with E-state index in [0.29, 0.717) is 6.04 Å². The standard InChI is InChI=1S/C19H31N3/c1-3-4-5-6-15(2)11-16-12-21-14-19-18(16)8-7-17-13-20-9-10-22(17)19/h12,14-15,17,20H,3-11,13H2,1-2H3/t15?,17-/m1/s1. The Bertz CT molecular complexity index is 486. The Morgan fingerprint density at radius 2 is 2.27 bits per heavy atom. The summed E-state index contributed by atoms with van der Waals surface area (Å²) in [5.41, 5.74) is 4.53. The molecule has 0 bridgehead atoms. The monoisotopic (exact) mass is 301 g/mol. The van der Waals surface area contributed by atoms with Crippen LogP contribution in [0.4, 0.5) is 5.69 Å². The molecule has 2 aliphatic rings. The number of anilines is 1. The van der Waals surface area contributed by atoms with Crippen molar-refractivity contribution in [2.24, 2.45) is 5.92 Å². The highest BCUT2D eigenvalue weighted by Gasteiger charge is 2.29. The first-order chi connectivity index (χ1) is 10.8. The Balaban J connectivity index is 1.71. The zero-order chi connectivity index (χ0) is 15.4. The molecule has 1 N–H and O–H groups in total. The van der Waals surface area contributed by atoms with Gasteiger partial charge >= 0.3 is 0 Å². The Morgan fingerprint density at radius 1 is 1.36 bits per heavy atom. The number of hydrogen-bond acceptors (Lipinski definition) is 3. The van der Waals surface area contributed by atoms with Gasteiger partial charge in [0.2, 0.25) is 0 Å². The van der Waals surface area contributed by atoms with Crippen molar-refractivity contribution in [3.8, 4) is 0 Å². The molecule has 2 aliphatic heterocycles. The molecule has 0 spiro atoms. The third-order valence-electron chi connectivity index (χ3n) is 5.38.